The van der Waals surface area contributed by atoms with Gasteiger partial charge in [0.15, 0.2) is 0 Å². The largest absolute Gasteiger partial charge is 0.497 e. The summed E-state index contributed by atoms with van der Waals surface area (Å²) in [5.74, 6) is 0.988. The zero-order chi connectivity index (χ0) is 18.0. The third-order valence-electron chi connectivity index (χ3n) is 4.40. The number of rotatable bonds is 4. The number of aliphatic hydroxyl groups is 1. The average Bonchev–Trinajstić information content (AvgIpc) is 3.02. The lowest BCUT2D eigenvalue weighted by Crippen LogP contribution is -2.32. The molecule has 6 nitrogen and oxygen atoms in total. The second kappa shape index (κ2) is 7.11. The Balaban J connectivity index is 1.93. The van der Waals surface area contributed by atoms with Crippen LogP contribution in [0, 0.1) is 6.92 Å². The molecule has 0 spiro atoms. The number of carbonyl (C=O) groups is 1. The van der Waals surface area contributed by atoms with Crippen LogP contribution in [0.25, 0.3) is 0 Å². The van der Waals surface area contributed by atoms with E-state index in [0.717, 1.165) is 11.3 Å². The fraction of sp³-hybridized carbons (Fsp3) is 0.368. The molecule has 0 unspecified atom stereocenters. The molecule has 1 aromatic carbocycles. The SMILES string of the molecule is COc1cccc([C@H]2C[C@@H](O)CN2C(=O)c2cc(C)nc(OC)c2)c1. The van der Waals surface area contributed by atoms with Crippen molar-refractivity contribution in [1.29, 1.82) is 0 Å². The highest BCUT2D eigenvalue weighted by Gasteiger charge is 2.36. The molecule has 0 aliphatic carbocycles. The molecule has 1 aliphatic heterocycles. The molecule has 132 valence electrons. The Labute approximate surface area is 147 Å². The van der Waals surface area contributed by atoms with Gasteiger partial charge in [-0.3, -0.25) is 4.79 Å². The van der Waals surface area contributed by atoms with Gasteiger partial charge in [-0.2, -0.15) is 0 Å². The zero-order valence-electron chi connectivity index (χ0n) is 14.6. The van der Waals surface area contributed by atoms with E-state index in [2.05, 4.69) is 4.98 Å². The van der Waals surface area contributed by atoms with Crippen molar-refractivity contribution in [3.63, 3.8) is 0 Å². The Morgan fingerprint density at radius 3 is 2.76 bits per heavy atom. The molecule has 0 radical (unpaired) electrons. The minimum atomic E-state index is -0.551. The third-order valence-corrected chi connectivity index (χ3v) is 4.40. The topological polar surface area (TPSA) is 71.9 Å². The van der Waals surface area contributed by atoms with Crippen LogP contribution in [0.4, 0.5) is 0 Å². The highest BCUT2D eigenvalue weighted by Crippen LogP contribution is 2.35. The molecule has 0 bridgehead atoms. The fourth-order valence-electron chi connectivity index (χ4n) is 3.24. The molecule has 3 rings (SSSR count). The molecule has 0 saturated carbocycles. The lowest BCUT2D eigenvalue weighted by atomic mass is 10.0. The first-order valence-electron chi connectivity index (χ1n) is 8.17. The maximum absolute atomic E-state index is 13.1. The summed E-state index contributed by atoms with van der Waals surface area (Å²) in [5.41, 5.74) is 2.16. The number of methoxy groups -OCH3 is 2. The summed E-state index contributed by atoms with van der Waals surface area (Å²) in [5, 5.41) is 10.1. The molecule has 2 atom stereocenters. The van der Waals surface area contributed by atoms with Gasteiger partial charge in [-0.05, 0) is 37.1 Å². The van der Waals surface area contributed by atoms with Gasteiger partial charge in [-0.1, -0.05) is 12.1 Å². The number of hydrogen-bond donors (Lipinski definition) is 1. The number of amides is 1. The minimum Gasteiger partial charge on any atom is -0.497 e. The van der Waals surface area contributed by atoms with E-state index in [1.54, 1.807) is 24.1 Å². The predicted molar refractivity (Wildman–Crippen MR) is 92.9 cm³/mol. The summed E-state index contributed by atoms with van der Waals surface area (Å²) in [4.78, 5) is 19.0. The van der Waals surface area contributed by atoms with Crippen LogP contribution in [-0.2, 0) is 0 Å². The monoisotopic (exact) mass is 342 g/mol. The molecule has 1 aromatic heterocycles. The van der Waals surface area contributed by atoms with Gasteiger partial charge in [0.05, 0.1) is 26.4 Å². The van der Waals surface area contributed by atoms with Crippen molar-refractivity contribution in [2.75, 3.05) is 20.8 Å². The van der Waals surface area contributed by atoms with E-state index in [0.29, 0.717) is 30.1 Å². The second-order valence-corrected chi connectivity index (χ2v) is 6.18. The number of carbonyl (C=O) groups excluding carboxylic acids is 1. The Morgan fingerprint density at radius 1 is 1.24 bits per heavy atom. The maximum atomic E-state index is 13.1. The number of nitrogens with zero attached hydrogens (tertiary/aromatic N) is 2. The van der Waals surface area contributed by atoms with Crippen LogP contribution in [0.15, 0.2) is 36.4 Å². The van der Waals surface area contributed by atoms with E-state index in [4.69, 9.17) is 9.47 Å². The molecule has 1 fully saturated rings. The van der Waals surface area contributed by atoms with Crippen LogP contribution in [0.2, 0.25) is 0 Å². The first-order valence-corrected chi connectivity index (χ1v) is 8.17. The first-order chi connectivity index (χ1) is 12.0. The van der Waals surface area contributed by atoms with E-state index in [-0.39, 0.29) is 11.9 Å². The van der Waals surface area contributed by atoms with Gasteiger partial charge in [-0.25, -0.2) is 4.98 Å². The van der Waals surface area contributed by atoms with Crippen LogP contribution in [0.3, 0.4) is 0 Å². The van der Waals surface area contributed by atoms with E-state index >= 15 is 0 Å². The summed E-state index contributed by atoms with van der Waals surface area (Å²) in [7, 11) is 3.13. The summed E-state index contributed by atoms with van der Waals surface area (Å²) < 4.78 is 10.4. The van der Waals surface area contributed by atoms with Crippen LogP contribution >= 0.6 is 0 Å². The molecule has 25 heavy (non-hydrogen) atoms. The number of hydrogen-bond acceptors (Lipinski definition) is 5. The van der Waals surface area contributed by atoms with Gasteiger partial charge in [0.25, 0.3) is 5.91 Å². The van der Waals surface area contributed by atoms with Crippen LogP contribution in [0.5, 0.6) is 11.6 Å². The highest BCUT2D eigenvalue weighted by molar-refractivity contribution is 5.95. The van der Waals surface area contributed by atoms with Crippen molar-refractivity contribution >= 4 is 5.91 Å². The summed E-state index contributed by atoms with van der Waals surface area (Å²) in [6.45, 7) is 2.11. The average molecular weight is 342 g/mol. The Bertz CT molecular complexity index is 778. The molecule has 1 amide bonds. The van der Waals surface area contributed by atoms with E-state index in [1.807, 2.05) is 31.2 Å². The number of aryl methyl sites for hydroxylation is 1. The number of benzene rings is 1. The molecule has 1 saturated heterocycles. The molecule has 2 aromatic rings. The Kier molecular flexibility index (Phi) is 4.90. The summed E-state index contributed by atoms with van der Waals surface area (Å²) in [6.07, 6.45) is -0.0508. The Morgan fingerprint density at radius 2 is 2.04 bits per heavy atom. The smallest absolute Gasteiger partial charge is 0.254 e. The highest BCUT2D eigenvalue weighted by atomic mass is 16.5. The zero-order valence-corrected chi connectivity index (χ0v) is 14.6. The van der Waals surface area contributed by atoms with E-state index in [1.165, 1.54) is 7.11 Å². The second-order valence-electron chi connectivity index (χ2n) is 6.18. The van der Waals surface area contributed by atoms with Gasteiger partial charge in [0.1, 0.15) is 5.75 Å². The third kappa shape index (κ3) is 3.58. The van der Waals surface area contributed by atoms with Gasteiger partial charge in [0.2, 0.25) is 5.88 Å². The number of ether oxygens (including phenoxy) is 2. The van der Waals surface area contributed by atoms with Crippen molar-refractivity contribution in [2.45, 2.75) is 25.5 Å². The summed E-state index contributed by atoms with van der Waals surface area (Å²) in [6, 6.07) is 10.8. The normalized spacial score (nSPS) is 19.8. The number of β-amino-alcohol motifs (C(OH)–C–C–N with tert-alkyl or cyclic N) is 1. The quantitative estimate of drug-likeness (QED) is 0.923. The van der Waals surface area contributed by atoms with Crippen molar-refractivity contribution in [2.24, 2.45) is 0 Å². The fourth-order valence-corrected chi connectivity index (χ4v) is 3.24. The lowest BCUT2D eigenvalue weighted by Gasteiger charge is -2.25. The Hall–Kier alpha value is -2.60. The van der Waals surface area contributed by atoms with Gasteiger partial charge in [0, 0.05) is 23.9 Å². The van der Waals surface area contributed by atoms with E-state index < -0.39 is 6.10 Å². The number of likely N-dealkylation sites (tertiary alicyclic amines) is 1. The maximum Gasteiger partial charge on any atom is 0.254 e. The van der Waals surface area contributed by atoms with Crippen LogP contribution in [0.1, 0.15) is 34.1 Å². The first kappa shape index (κ1) is 17.2. The number of pyridine rings is 1. The molecule has 6 heteroatoms. The minimum absolute atomic E-state index is 0.145. The van der Waals surface area contributed by atoms with Crippen molar-refractivity contribution in [1.82, 2.24) is 9.88 Å². The van der Waals surface area contributed by atoms with Crippen LogP contribution in [-0.4, -0.2) is 47.8 Å². The molecule has 1 N–H and O–H groups in total. The molecule has 1 aliphatic rings. The van der Waals surface area contributed by atoms with E-state index in [9.17, 15) is 9.90 Å². The van der Waals surface area contributed by atoms with Crippen molar-refractivity contribution < 1.29 is 19.4 Å². The summed E-state index contributed by atoms with van der Waals surface area (Å²) >= 11 is 0. The molecule has 2 heterocycles. The predicted octanol–water partition coefficient (Wildman–Crippen LogP) is 2.36. The standard InChI is InChI=1S/C19H22N2O4/c1-12-7-14(9-18(20-12)25-3)19(23)21-11-15(22)10-17(21)13-5-4-6-16(8-13)24-2/h4-9,15,17,22H,10-11H2,1-3H3/t15-,17-/m1/s1. The van der Waals surface area contributed by atoms with Crippen molar-refractivity contribution in [3.05, 3.63) is 53.2 Å². The number of aromatic nitrogens is 1. The van der Waals surface area contributed by atoms with Crippen molar-refractivity contribution in [3.8, 4) is 11.6 Å². The number of aliphatic hydroxyl groups excluding tert-OH is 1. The van der Waals surface area contributed by atoms with Crippen LogP contribution < -0.4 is 9.47 Å². The van der Waals surface area contributed by atoms with Gasteiger partial charge in [-0.15, -0.1) is 0 Å². The molecular weight excluding hydrogens is 320 g/mol. The van der Waals surface area contributed by atoms with Gasteiger partial charge >= 0.3 is 0 Å². The lowest BCUT2D eigenvalue weighted by molar-refractivity contribution is 0.0715. The van der Waals surface area contributed by atoms with Gasteiger partial charge < -0.3 is 19.5 Å². The molecular formula is C19H22N2O4.